The molecule has 1 unspecified atom stereocenters. The van der Waals surface area contributed by atoms with Crippen LogP contribution in [0.15, 0.2) is 18.2 Å². The second-order valence-corrected chi connectivity index (χ2v) is 6.24. The summed E-state index contributed by atoms with van der Waals surface area (Å²) >= 11 is 0. The minimum atomic E-state index is 0.145. The van der Waals surface area contributed by atoms with E-state index in [1.54, 1.807) is 7.11 Å². The molecule has 21 heavy (non-hydrogen) atoms. The zero-order valence-electron chi connectivity index (χ0n) is 12.8. The maximum Gasteiger partial charge on any atom is 0.146 e. The number of anilines is 1. The van der Waals surface area contributed by atoms with Crippen molar-refractivity contribution in [1.29, 1.82) is 0 Å². The lowest BCUT2D eigenvalue weighted by molar-refractivity contribution is -0.0748. The third kappa shape index (κ3) is 3.26. The van der Waals surface area contributed by atoms with Crippen LogP contribution in [0.3, 0.4) is 0 Å². The topological polar surface area (TPSA) is 53.7 Å². The molecule has 4 nitrogen and oxygen atoms in total. The van der Waals surface area contributed by atoms with E-state index < -0.39 is 0 Å². The second-order valence-electron chi connectivity index (χ2n) is 6.24. The van der Waals surface area contributed by atoms with Gasteiger partial charge in [0.15, 0.2) is 0 Å². The van der Waals surface area contributed by atoms with Gasteiger partial charge < -0.3 is 19.9 Å². The summed E-state index contributed by atoms with van der Waals surface area (Å²) in [6.45, 7) is 0.569. The highest BCUT2D eigenvalue weighted by molar-refractivity contribution is 5.55. The Kier molecular flexibility index (Phi) is 4.24. The van der Waals surface area contributed by atoms with Crippen LogP contribution < -0.4 is 15.2 Å². The molecule has 0 amide bonds. The van der Waals surface area contributed by atoms with Gasteiger partial charge in [0.2, 0.25) is 0 Å². The Bertz CT molecular complexity index is 483. The summed E-state index contributed by atoms with van der Waals surface area (Å²) in [7, 11) is 1.64. The maximum absolute atomic E-state index is 6.31. The van der Waals surface area contributed by atoms with E-state index >= 15 is 0 Å². The molecule has 0 bridgehead atoms. The van der Waals surface area contributed by atoms with Crippen molar-refractivity contribution in [3.63, 3.8) is 0 Å². The first-order valence-corrected chi connectivity index (χ1v) is 7.95. The Labute approximate surface area is 126 Å². The van der Waals surface area contributed by atoms with Crippen LogP contribution in [0.5, 0.6) is 11.5 Å². The molecule has 1 spiro atoms. The molecule has 2 fully saturated rings. The van der Waals surface area contributed by atoms with E-state index in [9.17, 15) is 0 Å². The van der Waals surface area contributed by atoms with E-state index in [4.69, 9.17) is 19.9 Å². The summed E-state index contributed by atoms with van der Waals surface area (Å²) in [4.78, 5) is 0. The van der Waals surface area contributed by atoms with E-state index in [1.165, 1.54) is 38.5 Å². The van der Waals surface area contributed by atoms with Crippen LogP contribution in [-0.4, -0.2) is 25.4 Å². The fourth-order valence-corrected chi connectivity index (χ4v) is 3.53. The van der Waals surface area contributed by atoms with Crippen LogP contribution >= 0.6 is 0 Å². The molecule has 1 heterocycles. The van der Waals surface area contributed by atoms with Gasteiger partial charge in [0.1, 0.15) is 18.1 Å². The van der Waals surface area contributed by atoms with Gasteiger partial charge in [-0.05, 0) is 37.8 Å². The van der Waals surface area contributed by atoms with E-state index in [0.29, 0.717) is 18.0 Å². The number of nitrogens with two attached hydrogens (primary N) is 1. The highest BCUT2D eigenvalue weighted by atomic mass is 16.6. The number of ether oxygens (including phenoxy) is 3. The van der Waals surface area contributed by atoms with Gasteiger partial charge in [0.25, 0.3) is 0 Å². The molecular weight excluding hydrogens is 266 g/mol. The van der Waals surface area contributed by atoms with Crippen molar-refractivity contribution >= 4 is 5.69 Å². The first kappa shape index (κ1) is 14.5. The predicted octanol–water partition coefficient (Wildman–Crippen LogP) is 3.54. The van der Waals surface area contributed by atoms with Crippen molar-refractivity contribution in [1.82, 2.24) is 0 Å². The maximum atomic E-state index is 6.31. The number of hydrogen-bond acceptors (Lipinski definition) is 4. The fourth-order valence-electron chi connectivity index (χ4n) is 3.53. The lowest BCUT2D eigenvalue weighted by Gasteiger charge is -2.33. The molecule has 4 heteroatoms. The van der Waals surface area contributed by atoms with Gasteiger partial charge in [0.05, 0.1) is 24.5 Å². The lowest BCUT2D eigenvalue weighted by Crippen LogP contribution is -2.32. The summed E-state index contributed by atoms with van der Waals surface area (Å²) in [5.41, 5.74) is 6.73. The van der Waals surface area contributed by atoms with Crippen LogP contribution in [0.25, 0.3) is 0 Å². The van der Waals surface area contributed by atoms with Crippen molar-refractivity contribution < 1.29 is 14.2 Å². The zero-order chi connectivity index (χ0) is 14.7. The van der Waals surface area contributed by atoms with Gasteiger partial charge in [0, 0.05) is 6.07 Å². The van der Waals surface area contributed by atoms with E-state index in [2.05, 4.69) is 0 Å². The van der Waals surface area contributed by atoms with Gasteiger partial charge in [-0.2, -0.15) is 0 Å². The minimum absolute atomic E-state index is 0.145. The molecule has 1 aromatic carbocycles. The molecule has 1 aliphatic carbocycles. The molecule has 1 aromatic rings. The molecule has 1 aliphatic heterocycles. The lowest BCUT2D eigenvalue weighted by atomic mass is 9.83. The van der Waals surface area contributed by atoms with E-state index in [-0.39, 0.29) is 11.7 Å². The molecule has 2 N–H and O–H groups in total. The molecule has 1 atom stereocenters. The first-order valence-electron chi connectivity index (χ1n) is 7.95. The number of benzene rings is 1. The third-order valence-electron chi connectivity index (χ3n) is 4.75. The number of hydrogen-bond donors (Lipinski definition) is 1. The van der Waals surface area contributed by atoms with Crippen LogP contribution in [0.1, 0.15) is 44.9 Å². The Morgan fingerprint density at radius 2 is 2.05 bits per heavy atom. The molecule has 1 saturated heterocycles. The summed E-state index contributed by atoms with van der Waals surface area (Å²) in [5.74, 6) is 1.44. The normalized spacial score (nSPS) is 24.1. The zero-order valence-corrected chi connectivity index (χ0v) is 12.8. The van der Waals surface area contributed by atoms with Gasteiger partial charge in [-0.1, -0.05) is 19.3 Å². The van der Waals surface area contributed by atoms with Crippen molar-refractivity contribution in [3.8, 4) is 11.5 Å². The molecule has 3 rings (SSSR count). The smallest absolute Gasteiger partial charge is 0.146 e. The van der Waals surface area contributed by atoms with Gasteiger partial charge >= 0.3 is 0 Å². The fraction of sp³-hybridized carbons (Fsp3) is 0.647. The third-order valence-corrected chi connectivity index (χ3v) is 4.75. The van der Waals surface area contributed by atoms with Crippen molar-refractivity contribution in [3.05, 3.63) is 18.2 Å². The molecule has 1 saturated carbocycles. The largest absolute Gasteiger partial charge is 0.497 e. The van der Waals surface area contributed by atoms with Crippen molar-refractivity contribution in [2.45, 2.75) is 56.7 Å². The average molecular weight is 291 g/mol. The summed E-state index contributed by atoms with van der Waals surface area (Å²) in [6, 6.07) is 5.48. The van der Waals surface area contributed by atoms with Crippen molar-refractivity contribution in [2.75, 3.05) is 19.5 Å². The second kappa shape index (κ2) is 6.14. The Morgan fingerprint density at radius 3 is 2.81 bits per heavy atom. The average Bonchev–Trinajstić information content (AvgIpc) is 2.90. The minimum Gasteiger partial charge on any atom is -0.497 e. The highest BCUT2D eigenvalue weighted by Gasteiger charge is 2.40. The van der Waals surface area contributed by atoms with Gasteiger partial charge in [-0.15, -0.1) is 0 Å². The van der Waals surface area contributed by atoms with Crippen LogP contribution in [0.4, 0.5) is 5.69 Å². The standard InChI is InChI=1S/C17H25NO3/c1-19-13-5-6-15(18)16(11-13)20-12-14-7-10-17(21-14)8-3-2-4-9-17/h5-6,11,14H,2-4,7-10,12,18H2,1H3. The number of rotatable bonds is 4. The summed E-state index contributed by atoms with van der Waals surface area (Å²) in [6.07, 6.45) is 8.83. The van der Waals surface area contributed by atoms with E-state index in [1.807, 2.05) is 18.2 Å². The summed E-state index contributed by atoms with van der Waals surface area (Å²) in [5, 5.41) is 0. The quantitative estimate of drug-likeness (QED) is 0.862. The number of methoxy groups -OCH3 is 1. The molecule has 2 aliphatic rings. The van der Waals surface area contributed by atoms with Crippen LogP contribution in [0, 0.1) is 0 Å². The van der Waals surface area contributed by atoms with Gasteiger partial charge in [-0.25, -0.2) is 0 Å². The molecule has 0 aromatic heterocycles. The Hall–Kier alpha value is -1.42. The Balaban J connectivity index is 1.56. The number of nitrogen functional groups attached to an aromatic ring is 1. The SMILES string of the molecule is COc1ccc(N)c(OCC2CCC3(CCCCC3)O2)c1. The molecule has 116 valence electrons. The first-order chi connectivity index (χ1) is 10.2. The summed E-state index contributed by atoms with van der Waals surface area (Å²) < 4.78 is 17.4. The monoisotopic (exact) mass is 291 g/mol. The van der Waals surface area contributed by atoms with Crippen LogP contribution in [0.2, 0.25) is 0 Å². The molecular formula is C17H25NO3. The highest BCUT2D eigenvalue weighted by Crippen LogP contribution is 2.42. The van der Waals surface area contributed by atoms with E-state index in [0.717, 1.165) is 12.2 Å². The predicted molar refractivity (Wildman–Crippen MR) is 82.8 cm³/mol. The van der Waals surface area contributed by atoms with Gasteiger partial charge in [-0.3, -0.25) is 0 Å². The van der Waals surface area contributed by atoms with Crippen LogP contribution in [-0.2, 0) is 4.74 Å². The molecule has 0 radical (unpaired) electrons. The van der Waals surface area contributed by atoms with Crippen molar-refractivity contribution in [2.24, 2.45) is 0 Å². The Morgan fingerprint density at radius 1 is 1.24 bits per heavy atom.